The van der Waals surface area contributed by atoms with Crippen LogP contribution in [0, 0.1) is 0 Å². The lowest BCUT2D eigenvalue weighted by atomic mass is 9.96. The minimum absolute atomic E-state index is 0.730. The maximum absolute atomic E-state index is 6.28. The fourth-order valence-corrected chi connectivity index (χ4v) is 5.49. The normalized spacial score (nSPS) is 11.5. The van der Waals surface area contributed by atoms with Gasteiger partial charge in [0.05, 0.1) is 11.4 Å². The molecule has 1 nitrogen and oxygen atoms in total. The molecule has 0 aliphatic carbocycles. The first kappa shape index (κ1) is 28.9. The van der Waals surface area contributed by atoms with Gasteiger partial charge >= 0.3 is 0 Å². The van der Waals surface area contributed by atoms with E-state index in [1.807, 2.05) is 42.5 Å². The van der Waals surface area contributed by atoms with Crippen LogP contribution >= 0.6 is 11.6 Å². The van der Waals surface area contributed by atoms with E-state index in [0.29, 0.717) is 0 Å². The SMILES string of the molecule is C=C(/C=C\C(=C/C)c1ccccc1)c1cc(-c2ccccc2)nc(-c2cccc(-c3cccc(-c4cccc(Cl)c4)c3)c2)c1. The summed E-state index contributed by atoms with van der Waals surface area (Å²) in [7, 11) is 0. The van der Waals surface area contributed by atoms with Gasteiger partial charge in [-0.25, -0.2) is 4.98 Å². The van der Waals surface area contributed by atoms with Crippen LogP contribution in [0.5, 0.6) is 0 Å². The van der Waals surface area contributed by atoms with Crippen LogP contribution in [0.3, 0.4) is 0 Å². The number of nitrogens with zero attached hydrogens (tertiary/aromatic N) is 1. The van der Waals surface area contributed by atoms with Crippen LogP contribution in [0.25, 0.3) is 55.9 Å². The first-order valence-electron chi connectivity index (χ1n) is 14.7. The van der Waals surface area contributed by atoms with Crippen molar-refractivity contribution >= 4 is 22.7 Å². The summed E-state index contributed by atoms with van der Waals surface area (Å²) in [4.78, 5) is 5.13. The van der Waals surface area contributed by atoms with Crippen molar-refractivity contribution in [3.8, 4) is 44.8 Å². The van der Waals surface area contributed by atoms with Crippen LogP contribution in [0.4, 0.5) is 0 Å². The Morgan fingerprint density at radius 1 is 0.523 bits per heavy atom. The van der Waals surface area contributed by atoms with Gasteiger partial charge < -0.3 is 0 Å². The molecule has 0 saturated carbocycles. The lowest BCUT2D eigenvalue weighted by molar-refractivity contribution is 1.31. The number of hydrogen-bond acceptors (Lipinski definition) is 1. The molecule has 0 radical (unpaired) electrons. The van der Waals surface area contributed by atoms with Crippen LogP contribution in [0.15, 0.2) is 170 Å². The quantitative estimate of drug-likeness (QED) is 0.162. The van der Waals surface area contributed by atoms with Crippen molar-refractivity contribution in [3.05, 3.63) is 187 Å². The molecular weight excluding hydrogens is 554 g/mol. The van der Waals surface area contributed by atoms with Gasteiger partial charge in [-0.15, -0.1) is 0 Å². The van der Waals surface area contributed by atoms with E-state index in [1.54, 1.807) is 0 Å². The topological polar surface area (TPSA) is 12.9 Å². The maximum atomic E-state index is 6.28. The van der Waals surface area contributed by atoms with Gasteiger partial charge in [0.15, 0.2) is 0 Å². The van der Waals surface area contributed by atoms with E-state index < -0.39 is 0 Å². The Hall–Kier alpha value is -5.24. The number of aromatic nitrogens is 1. The number of allylic oxidation sites excluding steroid dienone is 5. The number of benzene rings is 5. The Labute approximate surface area is 265 Å². The molecule has 0 aliphatic rings. The van der Waals surface area contributed by atoms with E-state index in [-0.39, 0.29) is 0 Å². The fourth-order valence-electron chi connectivity index (χ4n) is 5.30. The molecular formula is C42H32ClN. The second kappa shape index (κ2) is 13.4. The van der Waals surface area contributed by atoms with Crippen molar-refractivity contribution in [2.45, 2.75) is 6.92 Å². The molecule has 0 fully saturated rings. The van der Waals surface area contributed by atoms with Crippen molar-refractivity contribution in [1.82, 2.24) is 4.98 Å². The van der Waals surface area contributed by atoms with Crippen molar-refractivity contribution < 1.29 is 0 Å². The molecule has 6 aromatic rings. The number of hydrogen-bond donors (Lipinski definition) is 0. The van der Waals surface area contributed by atoms with Gasteiger partial charge in [-0.05, 0) is 87.8 Å². The van der Waals surface area contributed by atoms with E-state index >= 15 is 0 Å². The van der Waals surface area contributed by atoms with E-state index in [4.69, 9.17) is 16.6 Å². The average molecular weight is 586 g/mol. The third-order valence-electron chi connectivity index (χ3n) is 7.66. The predicted molar refractivity (Wildman–Crippen MR) is 189 cm³/mol. The molecule has 0 saturated heterocycles. The molecule has 1 aromatic heterocycles. The molecule has 6 rings (SSSR count). The Bertz CT molecular complexity index is 1980. The largest absolute Gasteiger partial charge is 0.248 e. The van der Waals surface area contributed by atoms with Gasteiger partial charge in [0, 0.05) is 16.1 Å². The highest BCUT2D eigenvalue weighted by molar-refractivity contribution is 6.30. The lowest BCUT2D eigenvalue weighted by Gasteiger charge is -2.12. The van der Waals surface area contributed by atoms with E-state index in [9.17, 15) is 0 Å². The Kier molecular flexibility index (Phi) is 8.77. The van der Waals surface area contributed by atoms with Crippen LogP contribution in [0.1, 0.15) is 18.1 Å². The average Bonchev–Trinajstić information content (AvgIpc) is 3.09. The summed E-state index contributed by atoms with van der Waals surface area (Å²) in [5.41, 5.74) is 12.7. The summed E-state index contributed by atoms with van der Waals surface area (Å²) in [6.07, 6.45) is 6.35. The summed E-state index contributed by atoms with van der Waals surface area (Å²) >= 11 is 6.28. The van der Waals surface area contributed by atoms with E-state index in [0.717, 1.165) is 66.5 Å². The molecule has 2 heteroatoms. The lowest BCUT2D eigenvalue weighted by Crippen LogP contribution is -1.93. The minimum atomic E-state index is 0.730. The summed E-state index contributed by atoms with van der Waals surface area (Å²) in [5.74, 6) is 0. The number of pyridine rings is 1. The Morgan fingerprint density at radius 3 is 1.64 bits per heavy atom. The zero-order valence-corrected chi connectivity index (χ0v) is 25.4. The second-order valence-electron chi connectivity index (χ2n) is 10.6. The molecule has 0 amide bonds. The van der Waals surface area contributed by atoms with Crippen molar-refractivity contribution in [3.63, 3.8) is 0 Å². The molecule has 0 atom stereocenters. The minimum Gasteiger partial charge on any atom is -0.248 e. The van der Waals surface area contributed by atoms with E-state index in [2.05, 4.69) is 135 Å². The monoisotopic (exact) mass is 585 g/mol. The van der Waals surface area contributed by atoms with Gasteiger partial charge in [-0.1, -0.05) is 146 Å². The molecule has 44 heavy (non-hydrogen) atoms. The van der Waals surface area contributed by atoms with Gasteiger partial charge in [-0.2, -0.15) is 0 Å². The molecule has 0 aliphatic heterocycles. The van der Waals surface area contributed by atoms with Gasteiger partial charge in [0.1, 0.15) is 0 Å². The maximum Gasteiger partial charge on any atom is 0.0715 e. The first-order valence-corrected chi connectivity index (χ1v) is 15.1. The number of halogens is 1. The third-order valence-corrected chi connectivity index (χ3v) is 7.90. The van der Waals surface area contributed by atoms with Crippen molar-refractivity contribution in [2.24, 2.45) is 0 Å². The fraction of sp³-hybridized carbons (Fsp3) is 0.0238. The van der Waals surface area contributed by atoms with Crippen LogP contribution < -0.4 is 0 Å². The molecule has 0 N–H and O–H groups in total. The first-order chi connectivity index (χ1) is 21.6. The summed E-state index contributed by atoms with van der Waals surface area (Å²) in [5, 5.41) is 0.730. The van der Waals surface area contributed by atoms with Crippen molar-refractivity contribution in [1.29, 1.82) is 0 Å². The Balaban J connectivity index is 1.38. The van der Waals surface area contributed by atoms with Crippen molar-refractivity contribution in [2.75, 3.05) is 0 Å². The predicted octanol–water partition coefficient (Wildman–Crippen LogP) is 12.1. The zero-order valence-electron chi connectivity index (χ0n) is 24.6. The molecule has 212 valence electrons. The zero-order chi connectivity index (χ0) is 30.3. The number of rotatable bonds is 8. The molecule has 0 unspecified atom stereocenters. The highest BCUT2D eigenvalue weighted by atomic mass is 35.5. The molecule has 0 bridgehead atoms. The standard InChI is InChI=1S/C42H32ClN/c1-3-31(32-13-6-4-7-14-32)24-23-30(2)39-28-41(33-15-8-5-9-16-33)44-42(29-39)38-21-11-19-36(26-38)34-17-10-18-35(25-34)37-20-12-22-40(43)27-37/h3-29H,2H2,1H3/b24-23-,31-3+. The molecule has 5 aromatic carbocycles. The third kappa shape index (κ3) is 6.70. The van der Waals surface area contributed by atoms with Gasteiger partial charge in [0.2, 0.25) is 0 Å². The highest BCUT2D eigenvalue weighted by Gasteiger charge is 2.11. The van der Waals surface area contributed by atoms with Gasteiger partial charge in [-0.3, -0.25) is 0 Å². The van der Waals surface area contributed by atoms with Crippen LogP contribution in [0.2, 0.25) is 5.02 Å². The Morgan fingerprint density at radius 2 is 1.02 bits per heavy atom. The second-order valence-corrected chi connectivity index (χ2v) is 11.1. The smallest absolute Gasteiger partial charge is 0.0715 e. The molecule has 1 heterocycles. The highest BCUT2D eigenvalue weighted by Crippen LogP contribution is 2.33. The summed E-state index contributed by atoms with van der Waals surface area (Å²) in [6, 6.07) is 50.1. The van der Waals surface area contributed by atoms with E-state index in [1.165, 1.54) is 5.56 Å². The summed E-state index contributed by atoms with van der Waals surface area (Å²) in [6.45, 7) is 6.51. The molecule has 0 spiro atoms. The van der Waals surface area contributed by atoms with Crippen LogP contribution in [-0.2, 0) is 0 Å². The summed E-state index contributed by atoms with van der Waals surface area (Å²) < 4.78 is 0. The van der Waals surface area contributed by atoms with Gasteiger partial charge in [0.25, 0.3) is 0 Å². The van der Waals surface area contributed by atoms with Crippen LogP contribution in [-0.4, -0.2) is 4.98 Å².